The molecule has 2 atom stereocenters. The molecule has 0 radical (unpaired) electrons. The zero-order valence-corrected chi connectivity index (χ0v) is 23.5. The Labute approximate surface area is 247 Å². The quantitative estimate of drug-likeness (QED) is 0.250. The van der Waals surface area contributed by atoms with Crippen LogP contribution in [0.15, 0.2) is 97.1 Å². The van der Waals surface area contributed by atoms with Gasteiger partial charge in [0.05, 0.1) is 31.2 Å². The molecule has 0 saturated heterocycles. The summed E-state index contributed by atoms with van der Waals surface area (Å²) >= 11 is 0. The van der Waals surface area contributed by atoms with Crippen molar-refractivity contribution in [3.63, 3.8) is 0 Å². The van der Waals surface area contributed by atoms with Gasteiger partial charge in [-0.25, -0.2) is 0 Å². The standard InChI is InChI=1S/C34H31F3N2O4/c1-43-26-16-12-22(13-17-26)18-19-38-32(41)30-27-7-3-4-8-28(27)33(42)39(31(30)24-14-10-23(21-40)11-15-24)20-25-6-2-5-9-29(25)34(35,36)37/h2-17,30-31,40H,18-21H2,1H3,(H,38,41)/t30-,31+/m1/s1. The summed E-state index contributed by atoms with van der Waals surface area (Å²) in [6.45, 7) is -0.250. The van der Waals surface area contributed by atoms with Crippen molar-refractivity contribution in [2.45, 2.75) is 37.7 Å². The van der Waals surface area contributed by atoms with Gasteiger partial charge in [0, 0.05) is 18.7 Å². The lowest BCUT2D eigenvalue weighted by atomic mass is 9.78. The molecule has 5 rings (SSSR count). The van der Waals surface area contributed by atoms with E-state index in [9.17, 15) is 27.9 Å². The number of halogens is 3. The van der Waals surface area contributed by atoms with Crippen molar-refractivity contribution in [3.05, 3.63) is 136 Å². The summed E-state index contributed by atoms with van der Waals surface area (Å²) in [5.74, 6) is -0.994. The number of hydrogen-bond donors (Lipinski definition) is 2. The van der Waals surface area contributed by atoms with Crippen LogP contribution >= 0.6 is 0 Å². The van der Waals surface area contributed by atoms with E-state index in [2.05, 4.69) is 5.32 Å². The molecule has 43 heavy (non-hydrogen) atoms. The van der Waals surface area contributed by atoms with Crippen LogP contribution in [0.4, 0.5) is 13.2 Å². The highest BCUT2D eigenvalue weighted by molar-refractivity contribution is 6.01. The second-order valence-corrected chi connectivity index (χ2v) is 10.4. The van der Waals surface area contributed by atoms with E-state index in [4.69, 9.17) is 4.74 Å². The zero-order valence-electron chi connectivity index (χ0n) is 23.5. The molecule has 0 bridgehead atoms. The number of ether oxygens (including phenoxy) is 1. The Kier molecular flexibility index (Phi) is 8.82. The maximum Gasteiger partial charge on any atom is 0.416 e. The number of aliphatic hydroxyl groups is 1. The molecule has 0 aromatic heterocycles. The average Bonchev–Trinajstić information content (AvgIpc) is 3.02. The molecule has 4 aromatic carbocycles. The van der Waals surface area contributed by atoms with Crippen molar-refractivity contribution in [3.8, 4) is 5.75 Å². The van der Waals surface area contributed by atoms with Crippen LogP contribution in [-0.4, -0.2) is 35.5 Å². The molecule has 0 fully saturated rings. The van der Waals surface area contributed by atoms with Gasteiger partial charge in [0.25, 0.3) is 5.91 Å². The van der Waals surface area contributed by atoms with E-state index in [0.29, 0.717) is 29.7 Å². The number of aliphatic hydroxyl groups excluding tert-OH is 1. The van der Waals surface area contributed by atoms with Crippen LogP contribution in [0.5, 0.6) is 5.75 Å². The van der Waals surface area contributed by atoms with Gasteiger partial charge in [0.1, 0.15) is 5.75 Å². The van der Waals surface area contributed by atoms with Gasteiger partial charge in [0.2, 0.25) is 5.91 Å². The van der Waals surface area contributed by atoms with Gasteiger partial charge in [0.15, 0.2) is 0 Å². The first-order chi connectivity index (χ1) is 20.7. The fourth-order valence-corrected chi connectivity index (χ4v) is 5.59. The zero-order chi connectivity index (χ0) is 30.6. The van der Waals surface area contributed by atoms with Crippen LogP contribution in [0.1, 0.15) is 55.7 Å². The first kappa shape index (κ1) is 29.8. The first-order valence-corrected chi connectivity index (χ1v) is 13.9. The molecule has 222 valence electrons. The minimum atomic E-state index is -4.62. The van der Waals surface area contributed by atoms with E-state index in [1.165, 1.54) is 23.1 Å². The van der Waals surface area contributed by atoms with Crippen molar-refractivity contribution in [2.24, 2.45) is 0 Å². The highest BCUT2D eigenvalue weighted by Gasteiger charge is 2.45. The lowest BCUT2D eigenvalue weighted by Crippen LogP contribution is -2.47. The Morgan fingerprint density at radius 2 is 1.56 bits per heavy atom. The van der Waals surface area contributed by atoms with E-state index in [1.807, 2.05) is 24.3 Å². The third-order valence-corrected chi connectivity index (χ3v) is 7.76. The van der Waals surface area contributed by atoms with Crippen molar-refractivity contribution in [1.29, 1.82) is 0 Å². The summed E-state index contributed by atoms with van der Waals surface area (Å²) < 4.78 is 47.1. The fraction of sp³-hybridized carbons (Fsp3) is 0.235. The monoisotopic (exact) mass is 588 g/mol. The van der Waals surface area contributed by atoms with Crippen LogP contribution in [0.3, 0.4) is 0 Å². The van der Waals surface area contributed by atoms with Gasteiger partial charge in [-0.2, -0.15) is 13.2 Å². The molecule has 0 saturated carbocycles. The minimum absolute atomic E-state index is 0.0710. The number of methoxy groups -OCH3 is 1. The van der Waals surface area contributed by atoms with E-state index in [0.717, 1.165) is 17.4 Å². The summed E-state index contributed by atoms with van der Waals surface area (Å²) in [5, 5.41) is 12.6. The van der Waals surface area contributed by atoms with Crippen molar-refractivity contribution in [1.82, 2.24) is 10.2 Å². The van der Waals surface area contributed by atoms with Gasteiger partial charge >= 0.3 is 6.18 Å². The van der Waals surface area contributed by atoms with Crippen LogP contribution in [0.25, 0.3) is 0 Å². The summed E-state index contributed by atoms with van der Waals surface area (Å²) in [6.07, 6.45) is -4.08. The number of nitrogens with one attached hydrogen (secondary N) is 1. The first-order valence-electron chi connectivity index (χ1n) is 13.9. The molecule has 2 amide bonds. The summed E-state index contributed by atoms with van der Waals surface area (Å²) in [7, 11) is 1.58. The number of amides is 2. The Bertz CT molecular complexity index is 1590. The highest BCUT2D eigenvalue weighted by Crippen LogP contribution is 2.44. The molecule has 6 nitrogen and oxygen atoms in total. The molecular formula is C34H31F3N2O4. The number of nitrogens with zero attached hydrogens (tertiary/aromatic N) is 1. The average molecular weight is 589 g/mol. The maximum absolute atomic E-state index is 14.0. The third kappa shape index (κ3) is 6.41. The lowest BCUT2D eigenvalue weighted by Gasteiger charge is -2.42. The Morgan fingerprint density at radius 1 is 0.907 bits per heavy atom. The molecule has 4 aromatic rings. The van der Waals surface area contributed by atoms with E-state index in [-0.39, 0.29) is 30.2 Å². The predicted molar refractivity (Wildman–Crippen MR) is 155 cm³/mol. The number of carbonyl (C=O) groups is 2. The normalized spacial score (nSPS) is 16.5. The number of carbonyl (C=O) groups excluding carboxylic acids is 2. The van der Waals surface area contributed by atoms with Gasteiger partial charge in [-0.15, -0.1) is 0 Å². The van der Waals surface area contributed by atoms with Gasteiger partial charge in [-0.1, -0.05) is 72.8 Å². The van der Waals surface area contributed by atoms with Gasteiger partial charge in [-0.05, 0) is 58.5 Å². The Hall–Kier alpha value is -4.63. The predicted octanol–water partition coefficient (Wildman–Crippen LogP) is 6.05. The van der Waals surface area contributed by atoms with Crippen LogP contribution in [0.2, 0.25) is 0 Å². The van der Waals surface area contributed by atoms with Crippen molar-refractivity contribution < 1.29 is 32.6 Å². The number of benzene rings is 4. The minimum Gasteiger partial charge on any atom is -0.497 e. The lowest BCUT2D eigenvalue weighted by molar-refractivity contribution is -0.138. The Morgan fingerprint density at radius 3 is 2.23 bits per heavy atom. The fourth-order valence-electron chi connectivity index (χ4n) is 5.59. The highest BCUT2D eigenvalue weighted by atomic mass is 19.4. The van der Waals surface area contributed by atoms with Gasteiger partial charge < -0.3 is 20.1 Å². The number of alkyl halides is 3. The summed E-state index contributed by atoms with van der Waals surface area (Å²) in [4.78, 5) is 29.3. The SMILES string of the molecule is COc1ccc(CCNC(=O)[C@@H]2c3ccccc3C(=O)N(Cc3ccccc3C(F)(F)F)[C@H]2c2ccc(CO)cc2)cc1. The second kappa shape index (κ2) is 12.7. The molecule has 0 aliphatic carbocycles. The maximum atomic E-state index is 14.0. The Balaban J connectivity index is 1.54. The number of hydrogen-bond acceptors (Lipinski definition) is 4. The van der Waals surface area contributed by atoms with E-state index < -0.39 is 29.6 Å². The molecule has 9 heteroatoms. The second-order valence-electron chi connectivity index (χ2n) is 10.4. The molecule has 1 aliphatic rings. The number of rotatable bonds is 9. The summed E-state index contributed by atoms with van der Waals surface area (Å²) in [5.41, 5.74) is 2.05. The van der Waals surface area contributed by atoms with Crippen LogP contribution in [0, 0.1) is 0 Å². The van der Waals surface area contributed by atoms with Crippen LogP contribution in [-0.2, 0) is 30.5 Å². The van der Waals surface area contributed by atoms with Crippen LogP contribution < -0.4 is 10.1 Å². The van der Waals surface area contributed by atoms with Gasteiger partial charge in [-0.3, -0.25) is 9.59 Å². The van der Waals surface area contributed by atoms with Crippen molar-refractivity contribution >= 4 is 11.8 Å². The molecular weight excluding hydrogens is 557 g/mol. The van der Waals surface area contributed by atoms with E-state index in [1.54, 1.807) is 55.6 Å². The topological polar surface area (TPSA) is 78.9 Å². The smallest absolute Gasteiger partial charge is 0.416 e. The van der Waals surface area contributed by atoms with E-state index >= 15 is 0 Å². The molecule has 1 heterocycles. The summed E-state index contributed by atoms with van der Waals surface area (Å²) in [6, 6.07) is 25.2. The third-order valence-electron chi connectivity index (χ3n) is 7.76. The molecule has 0 spiro atoms. The van der Waals surface area contributed by atoms with Crippen molar-refractivity contribution in [2.75, 3.05) is 13.7 Å². The molecule has 1 aliphatic heterocycles. The number of fused-ring (bicyclic) bond motifs is 1. The molecule has 2 N–H and O–H groups in total. The molecule has 0 unspecified atom stereocenters. The largest absolute Gasteiger partial charge is 0.497 e.